The molecule has 2 rings (SSSR count). The molecule has 0 amide bonds. The van der Waals surface area contributed by atoms with Crippen LogP contribution >= 0.6 is 0 Å². The molecule has 2 atom stereocenters. The van der Waals surface area contributed by atoms with E-state index in [2.05, 4.69) is 10.5 Å². The van der Waals surface area contributed by atoms with E-state index in [0.29, 0.717) is 12.2 Å². The quantitative estimate of drug-likeness (QED) is 0.653. The van der Waals surface area contributed by atoms with Crippen LogP contribution in [0.1, 0.15) is 6.92 Å². The van der Waals surface area contributed by atoms with E-state index in [-0.39, 0.29) is 18.7 Å². The molecular formula is C11H17N3O5. The van der Waals surface area contributed by atoms with E-state index in [9.17, 15) is 4.79 Å². The summed E-state index contributed by atoms with van der Waals surface area (Å²) in [5.41, 5.74) is 2.07. The van der Waals surface area contributed by atoms with Gasteiger partial charge in [-0.2, -0.15) is 5.48 Å². The molecule has 2 heterocycles. The van der Waals surface area contributed by atoms with Crippen molar-refractivity contribution in [2.24, 2.45) is 4.99 Å². The maximum absolute atomic E-state index is 11.1. The SMILES string of the molecule is CONCC1OC=C(C2=N[C@](C)(C(=O)O)CO2)N1C. The average molecular weight is 271 g/mol. The Balaban J connectivity index is 2.06. The summed E-state index contributed by atoms with van der Waals surface area (Å²) in [5.74, 6) is -0.727. The number of rotatable bonds is 5. The summed E-state index contributed by atoms with van der Waals surface area (Å²) < 4.78 is 10.8. The lowest BCUT2D eigenvalue weighted by atomic mass is 10.1. The first-order valence-electron chi connectivity index (χ1n) is 5.78. The minimum atomic E-state index is -1.24. The van der Waals surface area contributed by atoms with Crippen LogP contribution in [-0.4, -0.2) is 60.9 Å². The van der Waals surface area contributed by atoms with Gasteiger partial charge in [-0.1, -0.05) is 0 Å². The zero-order valence-electron chi connectivity index (χ0n) is 11.0. The Hall–Kier alpha value is -1.80. The van der Waals surface area contributed by atoms with Crippen molar-refractivity contribution in [3.05, 3.63) is 12.0 Å². The van der Waals surface area contributed by atoms with Gasteiger partial charge in [-0.3, -0.25) is 0 Å². The standard InChI is InChI=1S/C11H17N3O5/c1-11(10(15)16)6-19-9(13-11)7-5-18-8(14(7)2)4-12-17-3/h5,8,12H,4,6H2,1-3H3,(H,15,16)/t8?,11-/m0/s1. The van der Waals surface area contributed by atoms with Crippen LogP contribution in [0.15, 0.2) is 17.0 Å². The Bertz CT molecular complexity index is 436. The van der Waals surface area contributed by atoms with E-state index >= 15 is 0 Å². The van der Waals surface area contributed by atoms with Gasteiger partial charge in [0.15, 0.2) is 11.8 Å². The van der Waals surface area contributed by atoms with Gasteiger partial charge >= 0.3 is 5.97 Å². The fourth-order valence-corrected chi connectivity index (χ4v) is 1.75. The number of hydrogen-bond acceptors (Lipinski definition) is 7. The van der Waals surface area contributed by atoms with Gasteiger partial charge in [-0.15, -0.1) is 0 Å². The van der Waals surface area contributed by atoms with Crippen molar-refractivity contribution < 1.29 is 24.2 Å². The molecule has 8 nitrogen and oxygen atoms in total. The number of hydrogen-bond donors (Lipinski definition) is 2. The number of nitrogens with zero attached hydrogens (tertiary/aromatic N) is 2. The first-order valence-corrected chi connectivity index (χ1v) is 5.78. The maximum Gasteiger partial charge on any atom is 0.335 e. The smallest absolute Gasteiger partial charge is 0.335 e. The summed E-state index contributed by atoms with van der Waals surface area (Å²) >= 11 is 0. The number of ether oxygens (including phenoxy) is 2. The Kier molecular flexibility index (Phi) is 3.63. The van der Waals surface area contributed by atoms with Gasteiger partial charge < -0.3 is 24.3 Å². The van der Waals surface area contributed by atoms with Crippen LogP contribution in [0.2, 0.25) is 0 Å². The Morgan fingerprint density at radius 3 is 3.11 bits per heavy atom. The Morgan fingerprint density at radius 2 is 2.53 bits per heavy atom. The fourth-order valence-electron chi connectivity index (χ4n) is 1.75. The molecule has 0 aromatic rings. The number of carboxylic acids is 1. The molecule has 0 aromatic carbocycles. The summed E-state index contributed by atoms with van der Waals surface area (Å²) in [6.07, 6.45) is 1.26. The van der Waals surface area contributed by atoms with Crippen LogP contribution in [0.5, 0.6) is 0 Å². The average Bonchev–Trinajstić information content (AvgIpc) is 2.92. The fraction of sp³-hybridized carbons (Fsp3) is 0.636. The third-order valence-corrected chi connectivity index (χ3v) is 3.07. The summed E-state index contributed by atoms with van der Waals surface area (Å²) in [6, 6.07) is 0. The summed E-state index contributed by atoms with van der Waals surface area (Å²) in [6.45, 7) is 1.99. The van der Waals surface area contributed by atoms with Crippen molar-refractivity contribution in [1.82, 2.24) is 10.4 Å². The first-order chi connectivity index (χ1) is 8.98. The van der Waals surface area contributed by atoms with Gasteiger partial charge in [0, 0.05) is 7.05 Å². The number of carboxylic acid groups (broad SMARTS) is 1. The zero-order valence-corrected chi connectivity index (χ0v) is 11.0. The molecule has 8 heteroatoms. The van der Waals surface area contributed by atoms with E-state index < -0.39 is 11.5 Å². The predicted octanol–water partition coefficient (Wildman–Crippen LogP) is -0.461. The van der Waals surface area contributed by atoms with E-state index in [1.807, 2.05) is 7.05 Å². The number of carbonyl (C=O) groups is 1. The van der Waals surface area contributed by atoms with Gasteiger partial charge in [-0.05, 0) is 6.92 Å². The van der Waals surface area contributed by atoms with Crippen LogP contribution < -0.4 is 5.48 Å². The van der Waals surface area contributed by atoms with Crippen molar-refractivity contribution >= 4 is 11.9 Å². The lowest BCUT2D eigenvalue weighted by molar-refractivity contribution is -0.142. The molecule has 0 bridgehead atoms. The molecule has 0 aliphatic carbocycles. The molecule has 0 spiro atoms. The molecule has 0 radical (unpaired) electrons. The molecule has 0 saturated heterocycles. The van der Waals surface area contributed by atoms with Crippen molar-refractivity contribution in [3.63, 3.8) is 0 Å². The summed E-state index contributed by atoms with van der Waals surface area (Å²) in [7, 11) is 3.33. The lowest BCUT2D eigenvalue weighted by Crippen LogP contribution is -2.38. The van der Waals surface area contributed by atoms with Crippen molar-refractivity contribution in [1.29, 1.82) is 0 Å². The van der Waals surface area contributed by atoms with Gasteiger partial charge in [0.05, 0.1) is 13.7 Å². The third-order valence-electron chi connectivity index (χ3n) is 3.07. The van der Waals surface area contributed by atoms with Crippen LogP contribution in [0.25, 0.3) is 0 Å². The minimum Gasteiger partial charge on any atom is -0.479 e. The predicted molar refractivity (Wildman–Crippen MR) is 65.2 cm³/mol. The molecule has 19 heavy (non-hydrogen) atoms. The molecule has 1 unspecified atom stereocenters. The number of aliphatic imine (C=N–C) groups is 1. The van der Waals surface area contributed by atoms with Gasteiger partial charge in [0.1, 0.15) is 18.6 Å². The monoisotopic (exact) mass is 271 g/mol. The first kappa shape index (κ1) is 13.6. The van der Waals surface area contributed by atoms with Gasteiger partial charge in [0.25, 0.3) is 0 Å². The molecule has 2 aliphatic heterocycles. The second kappa shape index (κ2) is 5.06. The van der Waals surface area contributed by atoms with E-state index in [1.54, 1.807) is 4.90 Å². The van der Waals surface area contributed by atoms with Gasteiger partial charge in [0.2, 0.25) is 5.90 Å². The van der Waals surface area contributed by atoms with Crippen molar-refractivity contribution in [2.45, 2.75) is 18.7 Å². The maximum atomic E-state index is 11.1. The summed E-state index contributed by atoms with van der Waals surface area (Å²) in [5, 5.41) is 9.09. The highest BCUT2D eigenvalue weighted by molar-refractivity contribution is 5.97. The number of likely N-dealkylation sites (N-methyl/N-ethyl adjacent to an activating group) is 1. The number of hydroxylamine groups is 1. The van der Waals surface area contributed by atoms with Crippen LogP contribution in [0.4, 0.5) is 0 Å². The van der Waals surface area contributed by atoms with Crippen LogP contribution in [-0.2, 0) is 19.1 Å². The third kappa shape index (κ3) is 2.49. The van der Waals surface area contributed by atoms with Crippen molar-refractivity contribution in [3.8, 4) is 0 Å². The zero-order chi connectivity index (χ0) is 14.0. The second-order valence-corrected chi connectivity index (χ2v) is 4.54. The molecule has 2 aliphatic rings. The Morgan fingerprint density at radius 1 is 1.79 bits per heavy atom. The van der Waals surface area contributed by atoms with Crippen LogP contribution in [0.3, 0.4) is 0 Å². The molecular weight excluding hydrogens is 254 g/mol. The molecule has 106 valence electrons. The highest BCUT2D eigenvalue weighted by Crippen LogP contribution is 2.26. The summed E-state index contributed by atoms with van der Waals surface area (Å²) in [4.78, 5) is 21.8. The van der Waals surface area contributed by atoms with E-state index in [1.165, 1.54) is 20.3 Å². The Labute approximate surface area is 110 Å². The normalized spacial score (nSPS) is 29.6. The van der Waals surface area contributed by atoms with Crippen LogP contribution in [0, 0.1) is 0 Å². The molecule has 0 saturated carbocycles. The van der Waals surface area contributed by atoms with E-state index in [0.717, 1.165) is 0 Å². The molecule has 0 fully saturated rings. The highest BCUT2D eigenvalue weighted by Gasteiger charge is 2.42. The number of aliphatic carboxylic acids is 1. The second-order valence-electron chi connectivity index (χ2n) is 4.54. The van der Waals surface area contributed by atoms with E-state index in [4.69, 9.17) is 19.4 Å². The minimum absolute atomic E-state index is 0.0177. The molecule has 2 N–H and O–H groups in total. The topological polar surface area (TPSA) is 92.6 Å². The van der Waals surface area contributed by atoms with Gasteiger partial charge in [-0.25, -0.2) is 9.79 Å². The van der Waals surface area contributed by atoms with Crippen molar-refractivity contribution in [2.75, 3.05) is 27.3 Å². The number of nitrogens with one attached hydrogen (secondary N) is 1. The molecule has 0 aromatic heterocycles. The lowest BCUT2D eigenvalue weighted by Gasteiger charge is -2.22. The highest BCUT2D eigenvalue weighted by atomic mass is 16.6. The largest absolute Gasteiger partial charge is 0.479 e.